The van der Waals surface area contributed by atoms with Crippen molar-refractivity contribution in [3.8, 4) is 44.5 Å². The zero-order valence-electron chi connectivity index (χ0n) is 38.6. The van der Waals surface area contributed by atoms with E-state index >= 15 is 0 Å². The van der Waals surface area contributed by atoms with Crippen molar-refractivity contribution < 1.29 is 0 Å². The van der Waals surface area contributed by atoms with Crippen molar-refractivity contribution in [2.24, 2.45) is 0 Å². The van der Waals surface area contributed by atoms with E-state index in [1.54, 1.807) is 0 Å². The molecule has 0 saturated heterocycles. The van der Waals surface area contributed by atoms with Crippen LogP contribution >= 0.6 is 11.3 Å². The van der Waals surface area contributed by atoms with Gasteiger partial charge in [0.25, 0.3) is 0 Å². The largest absolute Gasteiger partial charge is 0.309 e. The maximum atomic E-state index is 2.51. The molecule has 0 bridgehead atoms. The fraction of sp³-hybridized carbons (Fsp3) is 0.125. The van der Waals surface area contributed by atoms with Crippen LogP contribution in [0.15, 0.2) is 212 Å². The summed E-state index contributed by atoms with van der Waals surface area (Å²) in [4.78, 5) is 2.51. The minimum atomic E-state index is -0.00890. The number of fused-ring (bicyclic) bond motifs is 5. The summed E-state index contributed by atoms with van der Waals surface area (Å²) < 4.78 is 2.62. The van der Waals surface area contributed by atoms with Crippen LogP contribution < -0.4 is 4.90 Å². The molecule has 0 aliphatic rings. The van der Waals surface area contributed by atoms with Gasteiger partial charge in [-0.25, -0.2) is 0 Å². The molecule has 0 saturated carbocycles. The van der Waals surface area contributed by atoms with Gasteiger partial charge in [0.2, 0.25) is 0 Å². The molecular formula is C64H53NS. The quantitative estimate of drug-likeness (QED) is 0.154. The minimum absolute atomic E-state index is 0.00890. The van der Waals surface area contributed by atoms with E-state index in [2.05, 4.69) is 259 Å². The van der Waals surface area contributed by atoms with Crippen LogP contribution in [0.1, 0.15) is 52.7 Å². The van der Waals surface area contributed by atoms with E-state index in [9.17, 15) is 0 Å². The highest BCUT2D eigenvalue weighted by Crippen LogP contribution is 2.49. The Bertz CT molecular complexity index is 3590. The number of rotatable bonds is 7. The van der Waals surface area contributed by atoms with Crippen molar-refractivity contribution >= 4 is 70.1 Å². The lowest BCUT2D eigenvalue weighted by Crippen LogP contribution is -2.16. The Morgan fingerprint density at radius 2 is 0.848 bits per heavy atom. The van der Waals surface area contributed by atoms with Gasteiger partial charge >= 0.3 is 0 Å². The topological polar surface area (TPSA) is 3.24 Å². The van der Waals surface area contributed by atoms with E-state index in [0.717, 1.165) is 17.1 Å². The molecule has 0 N–H and O–H groups in total. The molecule has 0 aliphatic carbocycles. The lowest BCUT2D eigenvalue weighted by molar-refractivity contribution is 0.569. The van der Waals surface area contributed by atoms with Crippen molar-refractivity contribution in [3.63, 3.8) is 0 Å². The van der Waals surface area contributed by atoms with Crippen molar-refractivity contribution in [1.29, 1.82) is 0 Å². The molecule has 320 valence electrons. The van der Waals surface area contributed by atoms with Gasteiger partial charge in [0.1, 0.15) is 0 Å². The maximum Gasteiger partial charge on any atom is 0.0540 e. The van der Waals surface area contributed by atoms with Crippen LogP contribution in [-0.2, 0) is 10.8 Å². The second-order valence-electron chi connectivity index (χ2n) is 19.7. The molecule has 0 radical (unpaired) electrons. The number of nitrogens with zero attached hydrogens (tertiary/aromatic N) is 1. The first-order chi connectivity index (χ1) is 32.0. The summed E-state index contributed by atoms with van der Waals surface area (Å²) in [5.41, 5.74) is 15.7. The van der Waals surface area contributed by atoms with E-state index in [1.165, 1.54) is 97.4 Å². The second kappa shape index (κ2) is 16.3. The van der Waals surface area contributed by atoms with E-state index in [-0.39, 0.29) is 10.8 Å². The minimum Gasteiger partial charge on any atom is -0.309 e. The lowest BCUT2D eigenvalue weighted by atomic mass is 9.78. The first-order valence-corrected chi connectivity index (χ1v) is 24.0. The van der Waals surface area contributed by atoms with Crippen LogP contribution in [0.4, 0.5) is 17.1 Å². The summed E-state index contributed by atoms with van der Waals surface area (Å²) in [5.74, 6) is 0. The average Bonchev–Trinajstić information content (AvgIpc) is 3.72. The number of thiophene rings is 1. The third kappa shape index (κ3) is 7.36. The van der Waals surface area contributed by atoms with Crippen molar-refractivity contribution in [2.45, 2.75) is 52.4 Å². The average molecular weight is 868 g/mol. The van der Waals surface area contributed by atoms with Crippen molar-refractivity contribution in [3.05, 3.63) is 223 Å². The van der Waals surface area contributed by atoms with Gasteiger partial charge in [-0.2, -0.15) is 0 Å². The normalized spacial score (nSPS) is 12.1. The van der Waals surface area contributed by atoms with Gasteiger partial charge in [0.15, 0.2) is 0 Å². The molecule has 1 aromatic heterocycles. The zero-order valence-corrected chi connectivity index (χ0v) is 39.4. The molecule has 0 unspecified atom stereocenters. The van der Waals surface area contributed by atoms with Crippen molar-refractivity contribution in [2.75, 3.05) is 4.90 Å². The van der Waals surface area contributed by atoms with E-state index in [4.69, 9.17) is 0 Å². The Hall–Kier alpha value is -7.26. The Labute approximate surface area is 393 Å². The predicted molar refractivity (Wildman–Crippen MR) is 288 cm³/mol. The van der Waals surface area contributed by atoms with Gasteiger partial charge in [0, 0.05) is 37.0 Å². The molecule has 1 nitrogen and oxygen atoms in total. The van der Waals surface area contributed by atoms with Crippen LogP contribution in [0, 0.1) is 0 Å². The zero-order chi connectivity index (χ0) is 45.2. The van der Waals surface area contributed by atoms with Crippen LogP contribution in [-0.4, -0.2) is 0 Å². The highest BCUT2D eigenvalue weighted by molar-refractivity contribution is 7.26. The molecular weight excluding hydrogens is 815 g/mol. The molecule has 66 heavy (non-hydrogen) atoms. The number of anilines is 3. The molecule has 0 aliphatic heterocycles. The molecule has 2 heteroatoms. The monoisotopic (exact) mass is 867 g/mol. The summed E-state index contributed by atoms with van der Waals surface area (Å²) >= 11 is 1.88. The molecule has 0 spiro atoms. The predicted octanol–water partition coefficient (Wildman–Crippen LogP) is 19.1. The van der Waals surface area contributed by atoms with E-state index < -0.39 is 0 Å². The van der Waals surface area contributed by atoms with Crippen LogP contribution in [0.5, 0.6) is 0 Å². The first-order valence-electron chi connectivity index (χ1n) is 23.2. The molecule has 1 heterocycles. The molecule has 11 rings (SSSR count). The maximum absolute atomic E-state index is 2.51. The highest BCUT2D eigenvalue weighted by atomic mass is 32.1. The van der Waals surface area contributed by atoms with Gasteiger partial charge in [-0.1, -0.05) is 224 Å². The van der Waals surface area contributed by atoms with Crippen LogP contribution in [0.25, 0.3) is 86.2 Å². The van der Waals surface area contributed by atoms with Gasteiger partial charge in [-0.15, -0.1) is 11.3 Å². The number of para-hydroxylation sites is 2. The van der Waals surface area contributed by atoms with Crippen LogP contribution in [0.2, 0.25) is 0 Å². The smallest absolute Gasteiger partial charge is 0.0540 e. The standard InChI is InChI=1S/C64H53NS/c1-63(2,3)46-38-45(39-47(41-46)64(4,5)6)50-30-17-22-43-23-18-33-56(61(43)50)54-28-10-13-36-59(54)65(58-35-12-9-27-53(58)52-32-16-21-42-20-7-8-26-49(42)52)48-25-15-24-44(40-48)51-31-19-34-57-55-29-11-14-37-60(55)66-62(51)57/h7-41H,1-6H3. The fourth-order valence-corrected chi connectivity index (χ4v) is 11.1. The van der Waals surface area contributed by atoms with Gasteiger partial charge in [-0.3, -0.25) is 0 Å². The number of hydrogen-bond acceptors (Lipinski definition) is 2. The molecule has 0 fully saturated rings. The molecule has 0 atom stereocenters. The fourth-order valence-electron chi connectivity index (χ4n) is 9.90. The SMILES string of the molecule is CC(C)(C)c1cc(-c2cccc3cccc(-c4ccccc4N(c4cccc(-c5cccc6c5sc5ccccc56)c4)c4ccccc4-c4cccc5ccccc45)c23)cc(C(C)(C)C)c1. The van der Waals surface area contributed by atoms with Gasteiger partial charge in [-0.05, 0) is 107 Å². The first kappa shape index (κ1) is 41.4. The summed E-state index contributed by atoms with van der Waals surface area (Å²) in [6.45, 7) is 14.0. The van der Waals surface area contributed by atoms with Crippen molar-refractivity contribution in [1.82, 2.24) is 0 Å². The Kier molecular flexibility index (Phi) is 10.2. The highest BCUT2D eigenvalue weighted by Gasteiger charge is 2.25. The Morgan fingerprint density at radius 3 is 1.56 bits per heavy atom. The second-order valence-corrected chi connectivity index (χ2v) is 20.8. The summed E-state index contributed by atoms with van der Waals surface area (Å²) in [5, 5.41) is 7.55. The number of benzene rings is 10. The molecule has 10 aromatic carbocycles. The third-order valence-electron chi connectivity index (χ3n) is 13.4. The van der Waals surface area contributed by atoms with E-state index in [0.29, 0.717) is 0 Å². The van der Waals surface area contributed by atoms with Crippen LogP contribution in [0.3, 0.4) is 0 Å². The van der Waals surface area contributed by atoms with Gasteiger partial charge in [0.05, 0.1) is 11.4 Å². The van der Waals surface area contributed by atoms with E-state index in [1.807, 2.05) is 11.3 Å². The Morgan fingerprint density at radius 1 is 0.348 bits per heavy atom. The Balaban J connectivity index is 1.18. The third-order valence-corrected chi connectivity index (χ3v) is 14.6. The lowest BCUT2D eigenvalue weighted by Gasteiger charge is -2.31. The number of hydrogen-bond donors (Lipinski definition) is 0. The molecule has 0 amide bonds. The summed E-state index contributed by atoms with van der Waals surface area (Å²) in [6, 6.07) is 79.1. The molecule has 11 aromatic rings. The van der Waals surface area contributed by atoms with Gasteiger partial charge < -0.3 is 4.90 Å². The summed E-state index contributed by atoms with van der Waals surface area (Å²) in [6.07, 6.45) is 0. The summed E-state index contributed by atoms with van der Waals surface area (Å²) in [7, 11) is 0.